The monoisotopic (exact) mass is 571 g/mol. The largest absolute Gasteiger partial charge is 0.496 e. The van der Waals surface area contributed by atoms with Crippen molar-refractivity contribution in [3.63, 3.8) is 0 Å². The van der Waals surface area contributed by atoms with E-state index in [0.29, 0.717) is 60.0 Å². The van der Waals surface area contributed by atoms with Gasteiger partial charge in [0.25, 0.3) is 10.0 Å². The van der Waals surface area contributed by atoms with Gasteiger partial charge in [-0.15, -0.1) is 0 Å². The van der Waals surface area contributed by atoms with Crippen LogP contribution >= 0.6 is 0 Å². The third kappa shape index (κ3) is 5.31. The lowest BCUT2D eigenvalue weighted by Crippen LogP contribution is -2.37. The average molecular weight is 572 g/mol. The average Bonchev–Trinajstić information content (AvgIpc) is 2.97. The topological polar surface area (TPSA) is 145 Å². The molecule has 1 atom stereocenters. The van der Waals surface area contributed by atoms with E-state index in [2.05, 4.69) is 9.97 Å². The van der Waals surface area contributed by atoms with Crippen molar-refractivity contribution >= 4 is 38.4 Å². The first-order valence-electron chi connectivity index (χ1n) is 12.5. The Morgan fingerprint density at radius 2 is 1.88 bits per heavy atom. The zero-order valence-corrected chi connectivity index (χ0v) is 22.6. The number of ether oxygens (including phenoxy) is 2. The highest BCUT2D eigenvalue weighted by molar-refractivity contribution is 7.93. The van der Waals surface area contributed by atoms with Crippen LogP contribution in [0.3, 0.4) is 0 Å². The molecule has 3 heterocycles. The highest BCUT2D eigenvalue weighted by Crippen LogP contribution is 2.40. The summed E-state index contributed by atoms with van der Waals surface area (Å²) in [6.45, 7) is 3.52. The van der Waals surface area contributed by atoms with Crippen LogP contribution in [0.4, 0.5) is 26.2 Å². The Morgan fingerprint density at radius 1 is 1.15 bits per heavy atom. The maximum Gasteiger partial charge on any atom is 0.265 e. The second-order valence-electron chi connectivity index (χ2n) is 9.00. The Labute approximate surface area is 229 Å². The molecule has 5 rings (SSSR count). The summed E-state index contributed by atoms with van der Waals surface area (Å²) in [5.74, 6) is 0.478. The van der Waals surface area contributed by atoms with E-state index in [1.165, 1.54) is 44.6 Å². The molecule has 1 aliphatic heterocycles. The molecule has 40 heavy (non-hydrogen) atoms. The third-order valence-corrected chi connectivity index (χ3v) is 7.95. The van der Waals surface area contributed by atoms with Crippen LogP contribution < -0.4 is 20.1 Å². The van der Waals surface area contributed by atoms with E-state index >= 15 is 4.39 Å². The number of nitrogens with zero attached hydrogens (tertiary/aromatic N) is 5. The van der Waals surface area contributed by atoms with Gasteiger partial charge in [0.15, 0.2) is 11.6 Å². The highest BCUT2D eigenvalue weighted by Gasteiger charge is 2.26. The molecule has 1 unspecified atom stereocenters. The van der Waals surface area contributed by atoms with Gasteiger partial charge in [0.2, 0.25) is 11.5 Å². The van der Waals surface area contributed by atoms with Crippen molar-refractivity contribution in [3.05, 3.63) is 48.5 Å². The van der Waals surface area contributed by atoms with E-state index in [4.69, 9.17) is 25.2 Å². The lowest BCUT2D eigenvalue weighted by Gasteiger charge is -2.29. The normalized spacial score (nSPS) is 14.8. The first kappa shape index (κ1) is 27.4. The number of alkyl halides is 1. The molecule has 1 saturated heterocycles. The van der Waals surface area contributed by atoms with Crippen LogP contribution in [0, 0.1) is 5.82 Å². The van der Waals surface area contributed by atoms with Gasteiger partial charge in [-0.2, -0.15) is 0 Å². The number of morpholine rings is 1. The first-order chi connectivity index (χ1) is 19.2. The Balaban J connectivity index is 1.68. The van der Waals surface area contributed by atoms with Gasteiger partial charge in [-0.3, -0.25) is 4.72 Å². The molecule has 210 valence electrons. The van der Waals surface area contributed by atoms with Crippen LogP contribution in [-0.4, -0.2) is 67.3 Å². The van der Waals surface area contributed by atoms with E-state index in [0.717, 1.165) is 0 Å². The predicted octanol–water partition coefficient (Wildman–Crippen LogP) is 3.77. The van der Waals surface area contributed by atoms with Crippen molar-refractivity contribution in [2.24, 2.45) is 0 Å². The molecule has 0 aliphatic carbocycles. The van der Waals surface area contributed by atoms with Crippen LogP contribution in [0.5, 0.6) is 5.75 Å². The summed E-state index contributed by atoms with van der Waals surface area (Å²) in [5, 5.41) is 0.609. The molecule has 11 nitrogen and oxygen atoms in total. The van der Waals surface area contributed by atoms with Crippen LogP contribution in [0.15, 0.2) is 42.7 Å². The summed E-state index contributed by atoms with van der Waals surface area (Å²) in [6, 6.07) is 7.54. The first-order valence-corrected chi connectivity index (χ1v) is 14.0. The van der Waals surface area contributed by atoms with Gasteiger partial charge in [0.05, 0.1) is 37.1 Å². The van der Waals surface area contributed by atoms with Crippen molar-refractivity contribution in [1.29, 1.82) is 0 Å². The van der Waals surface area contributed by atoms with Gasteiger partial charge in [-0.05, 0) is 18.6 Å². The molecule has 0 saturated carbocycles. The number of nitrogens with one attached hydrogen (secondary N) is 1. The number of aromatic nitrogens is 4. The molecular formula is C26H27F2N7O4S. The van der Waals surface area contributed by atoms with Crippen LogP contribution in [0.2, 0.25) is 0 Å². The second-order valence-corrected chi connectivity index (χ2v) is 10.8. The van der Waals surface area contributed by atoms with Crippen molar-refractivity contribution in [1.82, 2.24) is 19.9 Å². The van der Waals surface area contributed by atoms with Crippen molar-refractivity contribution in [3.8, 4) is 28.3 Å². The summed E-state index contributed by atoms with van der Waals surface area (Å²) < 4.78 is 67.5. The number of benzene rings is 2. The fraction of sp³-hybridized carbons (Fsp3) is 0.308. The van der Waals surface area contributed by atoms with Crippen molar-refractivity contribution in [2.45, 2.75) is 18.8 Å². The number of hydrogen-bond acceptors (Lipinski definition) is 10. The molecule has 4 aromatic rings. The molecular weight excluding hydrogens is 544 g/mol. The maximum absolute atomic E-state index is 15.8. The zero-order valence-electron chi connectivity index (χ0n) is 21.8. The van der Waals surface area contributed by atoms with Gasteiger partial charge >= 0.3 is 0 Å². The summed E-state index contributed by atoms with van der Waals surface area (Å²) in [5.41, 5.74) is 4.54. The molecule has 3 N–H and O–H groups in total. The molecule has 0 spiro atoms. The third-order valence-electron chi connectivity index (χ3n) is 6.44. The summed E-state index contributed by atoms with van der Waals surface area (Å²) in [6.07, 6.45) is 2.78. The van der Waals surface area contributed by atoms with Crippen LogP contribution in [-0.2, 0) is 14.8 Å². The predicted molar refractivity (Wildman–Crippen MR) is 148 cm³/mol. The van der Waals surface area contributed by atoms with Crippen molar-refractivity contribution < 1.29 is 26.7 Å². The number of fused-ring (bicyclic) bond motifs is 1. The zero-order chi connectivity index (χ0) is 28.4. The minimum atomic E-state index is -4.43. The fourth-order valence-electron chi connectivity index (χ4n) is 4.37. The van der Waals surface area contributed by atoms with E-state index in [-0.39, 0.29) is 29.4 Å². The number of methoxy groups -OCH3 is 1. The smallest absolute Gasteiger partial charge is 0.265 e. The van der Waals surface area contributed by atoms with E-state index in [9.17, 15) is 12.8 Å². The number of sulfonamides is 1. The summed E-state index contributed by atoms with van der Waals surface area (Å²) in [7, 11) is -3.00. The lowest BCUT2D eigenvalue weighted by molar-refractivity contribution is 0.122. The molecule has 1 fully saturated rings. The van der Waals surface area contributed by atoms with Gasteiger partial charge in [-0.25, -0.2) is 37.1 Å². The Kier molecular flexibility index (Phi) is 7.63. The number of hydrogen-bond donors (Lipinski definition) is 2. The number of nitrogens with two attached hydrogens (primary N) is 1. The molecule has 0 radical (unpaired) electrons. The van der Waals surface area contributed by atoms with E-state index in [1.807, 2.05) is 9.62 Å². The minimum absolute atomic E-state index is 0.0507. The molecule has 2 aromatic carbocycles. The van der Waals surface area contributed by atoms with E-state index < -0.39 is 21.3 Å². The van der Waals surface area contributed by atoms with E-state index in [1.54, 1.807) is 12.1 Å². The molecule has 2 aromatic heterocycles. The fourth-order valence-corrected chi connectivity index (χ4v) is 5.40. The van der Waals surface area contributed by atoms with Gasteiger partial charge in [0.1, 0.15) is 11.6 Å². The highest BCUT2D eigenvalue weighted by atomic mass is 32.2. The number of nitrogen functional groups attached to an aromatic ring is 1. The molecule has 14 heteroatoms. The van der Waals surface area contributed by atoms with Gasteiger partial charge < -0.3 is 20.1 Å². The quantitative estimate of drug-likeness (QED) is 0.321. The molecule has 0 bridgehead atoms. The standard InChI is InChI=1S/C26H27F2N7O4S/c1-3-22(27)40(36,37)34-19-6-4-5-16(23(19)28)17-11-18-20(12-21(17)38-2)32-24(15-13-30-26(29)31-14-15)33-25(18)35-7-9-39-10-8-35/h4-6,11-14,22,34H,3,7-10H2,1-2H3,(H2,29,30,31). The SMILES string of the molecule is CCC(F)S(=O)(=O)Nc1cccc(-c2cc3c(N4CCOCC4)nc(-c4cnc(N)nc4)nc3cc2OC)c1F. The number of rotatable bonds is 8. The van der Waals surface area contributed by atoms with Crippen LogP contribution in [0.25, 0.3) is 33.4 Å². The lowest BCUT2D eigenvalue weighted by atomic mass is 10.0. The van der Waals surface area contributed by atoms with Gasteiger partial charge in [-0.1, -0.05) is 19.1 Å². The molecule has 1 aliphatic rings. The van der Waals surface area contributed by atoms with Crippen LogP contribution in [0.1, 0.15) is 13.3 Å². The van der Waals surface area contributed by atoms with Gasteiger partial charge in [0, 0.05) is 48.1 Å². The second kappa shape index (κ2) is 11.1. The molecule has 0 amide bonds. The number of halogens is 2. The Hall–Kier alpha value is -4.17. The maximum atomic E-state index is 15.8. The summed E-state index contributed by atoms with van der Waals surface area (Å²) in [4.78, 5) is 19.6. The number of anilines is 3. The van der Waals surface area contributed by atoms with Crippen molar-refractivity contribution in [2.75, 3.05) is 48.8 Å². The minimum Gasteiger partial charge on any atom is -0.496 e. The summed E-state index contributed by atoms with van der Waals surface area (Å²) >= 11 is 0. The Bertz CT molecular complexity index is 1650. The Morgan fingerprint density at radius 3 is 2.55 bits per heavy atom.